The normalized spacial score (nSPS) is 16.6. The molecule has 0 aliphatic carbocycles. The van der Waals surface area contributed by atoms with Gasteiger partial charge in [-0.1, -0.05) is 0 Å². The highest BCUT2D eigenvalue weighted by Gasteiger charge is 2.22. The van der Waals surface area contributed by atoms with Gasteiger partial charge in [0.05, 0.1) is 22.6 Å². The van der Waals surface area contributed by atoms with Gasteiger partial charge in [0.25, 0.3) is 5.69 Å². The van der Waals surface area contributed by atoms with Crippen molar-refractivity contribution in [2.75, 3.05) is 19.6 Å². The summed E-state index contributed by atoms with van der Waals surface area (Å²) in [5.74, 6) is 1.21. The first kappa shape index (κ1) is 18.6. The van der Waals surface area contributed by atoms with Crippen LogP contribution in [-0.4, -0.2) is 37.9 Å². The number of nitrogens with one attached hydrogen (secondary N) is 1. The summed E-state index contributed by atoms with van der Waals surface area (Å²) in [5, 5.41) is 10.7. The van der Waals surface area contributed by atoms with E-state index in [9.17, 15) is 18.5 Å². The second-order valence-electron chi connectivity index (χ2n) is 6.40. The molecule has 3 rings (SSSR count). The molecule has 1 fully saturated rings. The van der Waals surface area contributed by atoms with Crippen LogP contribution >= 0.6 is 0 Å². The number of furan rings is 1. The lowest BCUT2D eigenvalue weighted by Gasteiger charge is -2.31. The summed E-state index contributed by atoms with van der Waals surface area (Å²) in [6.45, 7) is 2.93. The number of nitro benzene ring substituents is 1. The summed E-state index contributed by atoms with van der Waals surface area (Å²) in [5.41, 5.74) is -0.132. The lowest BCUT2D eigenvalue weighted by molar-refractivity contribution is -0.384. The van der Waals surface area contributed by atoms with Gasteiger partial charge in [-0.3, -0.25) is 15.0 Å². The van der Waals surface area contributed by atoms with Gasteiger partial charge in [0.15, 0.2) is 0 Å². The van der Waals surface area contributed by atoms with Crippen molar-refractivity contribution in [3.63, 3.8) is 0 Å². The molecule has 1 aliphatic rings. The fourth-order valence-corrected chi connectivity index (χ4v) is 4.15. The highest BCUT2D eigenvalue weighted by Crippen LogP contribution is 2.20. The summed E-state index contributed by atoms with van der Waals surface area (Å²) in [7, 11) is -3.66. The quantitative estimate of drug-likeness (QED) is 0.585. The minimum Gasteiger partial charge on any atom is -0.468 e. The highest BCUT2D eigenvalue weighted by molar-refractivity contribution is 7.89. The molecule has 140 valence electrons. The van der Waals surface area contributed by atoms with Crippen LogP contribution in [0.3, 0.4) is 0 Å². The molecular weight excluding hydrogens is 358 g/mol. The number of sulfonamides is 1. The van der Waals surface area contributed by atoms with Gasteiger partial charge in [0.1, 0.15) is 5.76 Å². The molecule has 26 heavy (non-hydrogen) atoms. The smallest absolute Gasteiger partial charge is 0.269 e. The second-order valence-corrected chi connectivity index (χ2v) is 8.17. The molecule has 1 aliphatic heterocycles. The van der Waals surface area contributed by atoms with Gasteiger partial charge in [-0.15, -0.1) is 0 Å². The third kappa shape index (κ3) is 4.69. The number of benzene rings is 1. The number of nitro groups is 1. The van der Waals surface area contributed by atoms with E-state index in [1.165, 1.54) is 24.3 Å². The number of hydrogen-bond acceptors (Lipinski definition) is 6. The maximum atomic E-state index is 12.3. The number of likely N-dealkylation sites (tertiary alicyclic amines) is 1. The first-order chi connectivity index (χ1) is 12.4. The number of hydrogen-bond donors (Lipinski definition) is 1. The zero-order chi connectivity index (χ0) is 18.6. The van der Waals surface area contributed by atoms with E-state index in [1.807, 2.05) is 12.1 Å². The molecule has 1 saturated heterocycles. The van der Waals surface area contributed by atoms with E-state index in [1.54, 1.807) is 6.26 Å². The lowest BCUT2D eigenvalue weighted by atomic mass is 9.97. The number of rotatable bonds is 7. The van der Waals surface area contributed by atoms with Crippen molar-refractivity contribution in [2.24, 2.45) is 5.92 Å². The van der Waals surface area contributed by atoms with Crippen molar-refractivity contribution in [2.45, 2.75) is 24.3 Å². The fourth-order valence-electron chi connectivity index (χ4n) is 3.03. The second kappa shape index (κ2) is 7.98. The molecule has 1 aromatic heterocycles. The largest absolute Gasteiger partial charge is 0.468 e. The van der Waals surface area contributed by atoms with Gasteiger partial charge in [0, 0.05) is 18.7 Å². The summed E-state index contributed by atoms with van der Waals surface area (Å²) in [6.07, 6.45) is 3.47. The van der Waals surface area contributed by atoms with Crippen molar-refractivity contribution >= 4 is 15.7 Å². The van der Waals surface area contributed by atoms with Crippen LogP contribution in [0.1, 0.15) is 18.6 Å². The molecule has 1 aromatic carbocycles. The molecule has 0 radical (unpaired) electrons. The highest BCUT2D eigenvalue weighted by atomic mass is 32.2. The van der Waals surface area contributed by atoms with Crippen LogP contribution in [-0.2, 0) is 16.6 Å². The Bertz CT molecular complexity index is 826. The Morgan fingerprint density at radius 2 is 1.88 bits per heavy atom. The third-order valence-corrected chi connectivity index (χ3v) is 6.03. The monoisotopic (exact) mass is 379 g/mol. The van der Waals surface area contributed by atoms with E-state index in [-0.39, 0.29) is 16.5 Å². The Morgan fingerprint density at radius 1 is 1.19 bits per heavy atom. The summed E-state index contributed by atoms with van der Waals surface area (Å²) < 4.78 is 32.6. The van der Waals surface area contributed by atoms with Crippen LogP contribution < -0.4 is 4.72 Å². The van der Waals surface area contributed by atoms with E-state index >= 15 is 0 Å². The molecule has 0 amide bonds. The van der Waals surface area contributed by atoms with E-state index in [4.69, 9.17) is 4.42 Å². The Labute approximate surface area is 152 Å². The topological polar surface area (TPSA) is 106 Å². The van der Waals surface area contributed by atoms with Crippen molar-refractivity contribution in [1.29, 1.82) is 0 Å². The molecule has 8 nitrogen and oxygen atoms in total. The average molecular weight is 379 g/mol. The van der Waals surface area contributed by atoms with Crippen LogP contribution in [0.4, 0.5) is 5.69 Å². The predicted molar refractivity (Wildman–Crippen MR) is 95.0 cm³/mol. The van der Waals surface area contributed by atoms with Gasteiger partial charge < -0.3 is 4.42 Å². The average Bonchev–Trinajstić information content (AvgIpc) is 3.14. The maximum absolute atomic E-state index is 12.3. The molecule has 9 heteroatoms. The third-order valence-electron chi connectivity index (χ3n) is 4.59. The maximum Gasteiger partial charge on any atom is 0.269 e. The molecule has 1 N–H and O–H groups in total. The zero-order valence-electron chi connectivity index (χ0n) is 14.2. The predicted octanol–water partition coefficient (Wildman–Crippen LogP) is 2.38. The molecular formula is C17H21N3O5S. The Balaban J connectivity index is 1.48. The zero-order valence-corrected chi connectivity index (χ0v) is 15.0. The summed E-state index contributed by atoms with van der Waals surface area (Å²) in [6, 6.07) is 8.72. The van der Waals surface area contributed by atoms with Crippen LogP contribution in [0.5, 0.6) is 0 Å². The van der Waals surface area contributed by atoms with E-state index in [2.05, 4.69) is 9.62 Å². The van der Waals surface area contributed by atoms with Crippen molar-refractivity contribution < 1.29 is 17.8 Å². The van der Waals surface area contributed by atoms with Crippen LogP contribution in [0.15, 0.2) is 52.0 Å². The number of nitrogens with zero attached hydrogens (tertiary/aromatic N) is 2. The van der Waals surface area contributed by atoms with Gasteiger partial charge in [-0.25, -0.2) is 13.1 Å². The van der Waals surface area contributed by atoms with Gasteiger partial charge >= 0.3 is 0 Å². The summed E-state index contributed by atoms with van der Waals surface area (Å²) in [4.78, 5) is 12.4. The van der Waals surface area contributed by atoms with E-state index < -0.39 is 14.9 Å². The van der Waals surface area contributed by atoms with Crippen molar-refractivity contribution in [3.8, 4) is 0 Å². The lowest BCUT2D eigenvalue weighted by Crippen LogP contribution is -2.38. The molecule has 0 atom stereocenters. The molecule has 0 spiro atoms. The minimum absolute atomic E-state index is 0.0401. The summed E-state index contributed by atoms with van der Waals surface area (Å²) >= 11 is 0. The Hall–Kier alpha value is -2.23. The van der Waals surface area contributed by atoms with Gasteiger partial charge in [-0.05, 0) is 56.1 Å². The Kier molecular flexibility index (Phi) is 5.70. The SMILES string of the molecule is O=[N+]([O-])c1ccc(S(=O)(=O)NCC2CCN(Cc3ccco3)CC2)cc1. The Morgan fingerprint density at radius 3 is 2.46 bits per heavy atom. The van der Waals surface area contributed by atoms with Crippen LogP contribution in [0.25, 0.3) is 0 Å². The van der Waals surface area contributed by atoms with E-state index in [0.717, 1.165) is 38.2 Å². The number of non-ortho nitro benzene ring substituents is 1. The molecule has 0 saturated carbocycles. The van der Waals surface area contributed by atoms with E-state index in [0.29, 0.717) is 6.54 Å². The molecule has 0 unspecified atom stereocenters. The van der Waals surface area contributed by atoms with Crippen LogP contribution in [0, 0.1) is 16.0 Å². The van der Waals surface area contributed by atoms with Gasteiger partial charge in [0.2, 0.25) is 10.0 Å². The number of piperidine rings is 1. The molecule has 0 bridgehead atoms. The molecule has 2 heterocycles. The molecule has 2 aromatic rings. The van der Waals surface area contributed by atoms with Crippen LogP contribution in [0.2, 0.25) is 0 Å². The minimum atomic E-state index is -3.66. The first-order valence-corrected chi connectivity index (χ1v) is 9.91. The van der Waals surface area contributed by atoms with Crippen molar-refractivity contribution in [3.05, 3.63) is 58.5 Å². The fraction of sp³-hybridized carbons (Fsp3) is 0.412. The first-order valence-electron chi connectivity index (χ1n) is 8.43. The van der Waals surface area contributed by atoms with Crippen molar-refractivity contribution in [1.82, 2.24) is 9.62 Å². The van der Waals surface area contributed by atoms with Gasteiger partial charge in [-0.2, -0.15) is 0 Å². The standard InChI is InChI=1S/C17H21N3O5S/c21-20(22)15-3-5-17(6-4-15)26(23,24)18-12-14-7-9-19(10-8-14)13-16-2-1-11-25-16/h1-6,11,14,18H,7-10,12-13H2.